The number of para-hydroxylation sites is 1. The van der Waals surface area contributed by atoms with E-state index in [2.05, 4.69) is 10.1 Å². The van der Waals surface area contributed by atoms with E-state index in [9.17, 15) is 9.59 Å². The Morgan fingerprint density at radius 2 is 1.77 bits per heavy atom. The molecule has 0 atom stereocenters. The molecule has 110 valence electrons. The van der Waals surface area contributed by atoms with E-state index in [0.717, 1.165) is 5.39 Å². The highest BCUT2D eigenvalue weighted by Gasteiger charge is 2.12. The number of ether oxygens (including phenoxy) is 1. The maximum atomic E-state index is 12.2. The number of hydrogen-bond acceptors (Lipinski definition) is 4. The van der Waals surface area contributed by atoms with Crippen molar-refractivity contribution in [2.45, 2.75) is 0 Å². The van der Waals surface area contributed by atoms with E-state index >= 15 is 0 Å². The quantitative estimate of drug-likeness (QED) is 0.751. The highest BCUT2D eigenvalue weighted by atomic mass is 16.5. The summed E-state index contributed by atoms with van der Waals surface area (Å²) < 4.78 is 10.1. The van der Waals surface area contributed by atoms with Crippen LogP contribution in [-0.2, 0) is 4.74 Å². The number of anilines is 1. The minimum atomic E-state index is -0.421. The van der Waals surface area contributed by atoms with Crippen molar-refractivity contribution in [2.24, 2.45) is 0 Å². The van der Waals surface area contributed by atoms with E-state index in [4.69, 9.17) is 4.42 Å². The zero-order chi connectivity index (χ0) is 15.5. The third kappa shape index (κ3) is 2.69. The van der Waals surface area contributed by atoms with Gasteiger partial charge < -0.3 is 14.5 Å². The number of carbonyl (C=O) groups is 2. The van der Waals surface area contributed by atoms with Gasteiger partial charge >= 0.3 is 5.97 Å². The van der Waals surface area contributed by atoms with Crippen molar-refractivity contribution in [1.82, 2.24) is 0 Å². The van der Waals surface area contributed by atoms with Gasteiger partial charge in [-0.05, 0) is 36.4 Å². The van der Waals surface area contributed by atoms with Gasteiger partial charge in [0.2, 0.25) is 0 Å². The Hall–Kier alpha value is -3.08. The van der Waals surface area contributed by atoms with Gasteiger partial charge in [-0.2, -0.15) is 0 Å². The van der Waals surface area contributed by atoms with Gasteiger partial charge in [-0.1, -0.05) is 18.2 Å². The Morgan fingerprint density at radius 3 is 2.45 bits per heavy atom. The second-order valence-electron chi connectivity index (χ2n) is 4.67. The second-order valence-corrected chi connectivity index (χ2v) is 4.67. The molecule has 1 amide bonds. The molecule has 1 heterocycles. The van der Waals surface area contributed by atoms with Crippen molar-refractivity contribution in [3.63, 3.8) is 0 Å². The van der Waals surface area contributed by atoms with E-state index in [1.807, 2.05) is 18.2 Å². The Bertz CT molecular complexity index is 800. The number of furan rings is 1. The molecule has 1 N–H and O–H groups in total. The topological polar surface area (TPSA) is 68.5 Å². The number of methoxy groups -OCH3 is 1. The fourth-order valence-corrected chi connectivity index (χ4v) is 2.09. The maximum Gasteiger partial charge on any atom is 0.337 e. The van der Waals surface area contributed by atoms with Gasteiger partial charge in [0, 0.05) is 11.1 Å². The number of fused-ring (bicyclic) bond motifs is 1. The van der Waals surface area contributed by atoms with Crippen LogP contribution in [0.15, 0.2) is 59.0 Å². The molecule has 0 aliphatic carbocycles. The summed E-state index contributed by atoms with van der Waals surface area (Å²) in [4.78, 5) is 23.5. The first-order chi connectivity index (χ1) is 10.7. The first-order valence-electron chi connectivity index (χ1n) is 6.65. The molecule has 1 aromatic heterocycles. The number of esters is 1. The SMILES string of the molecule is COC(=O)c1ccc(NC(=O)c2cc3ccccc3o2)cc1. The standard InChI is InChI=1S/C17H13NO4/c1-21-17(20)11-6-8-13(9-7-11)18-16(19)15-10-12-4-2-3-5-14(12)22-15/h2-10H,1H3,(H,18,19). The second kappa shape index (κ2) is 5.73. The molecule has 5 heteroatoms. The molecular formula is C17H13NO4. The van der Waals surface area contributed by atoms with E-state index in [1.165, 1.54) is 7.11 Å². The molecule has 0 aliphatic heterocycles. The average Bonchev–Trinajstić information content (AvgIpc) is 2.99. The van der Waals surface area contributed by atoms with Crippen LogP contribution >= 0.6 is 0 Å². The number of amides is 1. The predicted molar refractivity (Wildman–Crippen MR) is 81.9 cm³/mol. The first kappa shape index (κ1) is 13.9. The number of benzene rings is 2. The zero-order valence-corrected chi connectivity index (χ0v) is 11.8. The summed E-state index contributed by atoms with van der Waals surface area (Å²) >= 11 is 0. The minimum Gasteiger partial charge on any atom is -0.465 e. The molecule has 0 fully saturated rings. The van der Waals surface area contributed by atoms with Crippen molar-refractivity contribution in [2.75, 3.05) is 12.4 Å². The predicted octanol–water partition coefficient (Wildman–Crippen LogP) is 3.47. The van der Waals surface area contributed by atoms with Gasteiger partial charge in [0.05, 0.1) is 12.7 Å². The molecule has 0 bridgehead atoms. The Labute approximate surface area is 126 Å². The summed E-state index contributed by atoms with van der Waals surface area (Å²) in [6.45, 7) is 0. The zero-order valence-electron chi connectivity index (χ0n) is 11.8. The number of nitrogens with one attached hydrogen (secondary N) is 1. The monoisotopic (exact) mass is 295 g/mol. The molecule has 22 heavy (non-hydrogen) atoms. The molecule has 0 saturated heterocycles. The summed E-state index contributed by atoms with van der Waals surface area (Å²) in [5.74, 6) is -0.532. The average molecular weight is 295 g/mol. The van der Waals surface area contributed by atoms with E-state index < -0.39 is 5.97 Å². The normalized spacial score (nSPS) is 10.4. The van der Waals surface area contributed by atoms with E-state index in [0.29, 0.717) is 16.8 Å². The summed E-state index contributed by atoms with van der Waals surface area (Å²) in [5.41, 5.74) is 1.65. The third-order valence-corrected chi connectivity index (χ3v) is 3.21. The number of rotatable bonds is 3. The van der Waals surface area contributed by atoms with Gasteiger partial charge in [-0.25, -0.2) is 4.79 Å². The fraction of sp³-hybridized carbons (Fsp3) is 0.0588. The first-order valence-corrected chi connectivity index (χ1v) is 6.65. The van der Waals surface area contributed by atoms with Gasteiger partial charge in [0.1, 0.15) is 5.58 Å². The van der Waals surface area contributed by atoms with Crippen molar-refractivity contribution < 1.29 is 18.7 Å². The molecule has 0 aliphatic rings. The third-order valence-electron chi connectivity index (χ3n) is 3.21. The molecule has 2 aromatic carbocycles. The lowest BCUT2D eigenvalue weighted by Gasteiger charge is -2.04. The van der Waals surface area contributed by atoms with Crippen molar-refractivity contribution in [3.8, 4) is 0 Å². The Morgan fingerprint density at radius 1 is 1.05 bits per heavy atom. The van der Waals surface area contributed by atoms with Crippen LogP contribution in [0.3, 0.4) is 0 Å². The Kier molecular flexibility index (Phi) is 3.62. The van der Waals surface area contributed by atoms with Crippen LogP contribution in [0.5, 0.6) is 0 Å². The Balaban J connectivity index is 1.77. The largest absolute Gasteiger partial charge is 0.465 e. The van der Waals surface area contributed by atoms with Crippen molar-refractivity contribution in [3.05, 3.63) is 65.9 Å². The molecule has 0 unspecified atom stereocenters. The van der Waals surface area contributed by atoms with Crippen LogP contribution in [0.25, 0.3) is 11.0 Å². The molecular weight excluding hydrogens is 282 g/mol. The van der Waals surface area contributed by atoms with Gasteiger partial charge in [0.25, 0.3) is 5.91 Å². The van der Waals surface area contributed by atoms with E-state index in [-0.39, 0.29) is 11.7 Å². The van der Waals surface area contributed by atoms with Crippen LogP contribution in [0, 0.1) is 0 Å². The molecule has 0 spiro atoms. The highest BCUT2D eigenvalue weighted by Crippen LogP contribution is 2.20. The van der Waals surface area contributed by atoms with Crippen LogP contribution < -0.4 is 5.32 Å². The van der Waals surface area contributed by atoms with Gasteiger partial charge in [-0.15, -0.1) is 0 Å². The van der Waals surface area contributed by atoms with Crippen LogP contribution in [0.1, 0.15) is 20.9 Å². The smallest absolute Gasteiger partial charge is 0.337 e. The number of hydrogen-bond donors (Lipinski definition) is 1. The summed E-state index contributed by atoms with van der Waals surface area (Å²) in [5, 5.41) is 3.59. The fourth-order valence-electron chi connectivity index (χ4n) is 2.09. The molecule has 5 nitrogen and oxygen atoms in total. The van der Waals surface area contributed by atoms with E-state index in [1.54, 1.807) is 36.4 Å². The molecule has 3 rings (SSSR count). The minimum absolute atomic E-state index is 0.234. The van der Waals surface area contributed by atoms with Gasteiger partial charge in [-0.3, -0.25) is 4.79 Å². The maximum absolute atomic E-state index is 12.2. The number of carbonyl (C=O) groups excluding carboxylic acids is 2. The summed E-state index contributed by atoms with van der Waals surface area (Å²) in [6, 6.07) is 15.5. The lowest BCUT2D eigenvalue weighted by molar-refractivity contribution is 0.0600. The summed E-state index contributed by atoms with van der Waals surface area (Å²) in [6.07, 6.45) is 0. The van der Waals surface area contributed by atoms with Crippen LogP contribution in [-0.4, -0.2) is 19.0 Å². The molecule has 0 saturated carbocycles. The van der Waals surface area contributed by atoms with Crippen LogP contribution in [0.2, 0.25) is 0 Å². The highest BCUT2D eigenvalue weighted by molar-refractivity contribution is 6.04. The molecule has 0 radical (unpaired) electrons. The molecule has 3 aromatic rings. The van der Waals surface area contributed by atoms with Gasteiger partial charge in [0.15, 0.2) is 5.76 Å². The lowest BCUT2D eigenvalue weighted by atomic mass is 10.2. The van der Waals surface area contributed by atoms with Crippen molar-refractivity contribution in [1.29, 1.82) is 0 Å². The summed E-state index contributed by atoms with van der Waals surface area (Å²) in [7, 11) is 1.32. The lowest BCUT2D eigenvalue weighted by Crippen LogP contribution is -2.11. The van der Waals surface area contributed by atoms with Crippen LogP contribution in [0.4, 0.5) is 5.69 Å². The van der Waals surface area contributed by atoms with Crippen molar-refractivity contribution >= 4 is 28.5 Å².